The zero-order valence-electron chi connectivity index (χ0n) is 14.4. The van der Waals surface area contributed by atoms with E-state index >= 15 is 0 Å². The molecule has 4 nitrogen and oxygen atoms in total. The van der Waals surface area contributed by atoms with Crippen LogP contribution in [0, 0.1) is 5.82 Å². The molecule has 3 rings (SSSR count). The Morgan fingerprint density at radius 3 is 2.24 bits per heavy atom. The van der Waals surface area contributed by atoms with Gasteiger partial charge in [-0.25, -0.2) is 4.39 Å². The van der Waals surface area contributed by atoms with Crippen molar-refractivity contribution >= 4 is 22.9 Å². The minimum absolute atomic E-state index is 0.214. The van der Waals surface area contributed by atoms with Crippen molar-refractivity contribution < 1.29 is 13.9 Å². The van der Waals surface area contributed by atoms with Crippen molar-refractivity contribution in [1.82, 2.24) is 4.90 Å². The number of anilines is 1. The Kier molecular flexibility index (Phi) is 5.38. The predicted octanol–water partition coefficient (Wildman–Crippen LogP) is 3.34. The van der Waals surface area contributed by atoms with Crippen LogP contribution < -0.4 is 14.4 Å². The summed E-state index contributed by atoms with van der Waals surface area (Å²) < 4.78 is 23.8. The standard InChI is InChI=1S/C19H21FN2O2S/c1-23-16-7-8-18(24-2)17(13-16)19(25)22-11-9-21(10-12-22)15-5-3-14(20)4-6-15/h3-8,13H,9-12H2,1-2H3. The molecule has 1 fully saturated rings. The number of methoxy groups -OCH3 is 2. The average molecular weight is 360 g/mol. The van der Waals surface area contributed by atoms with Gasteiger partial charge in [0, 0.05) is 31.9 Å². The molecule has 0 aromatic heterocycles. The summed E-state index contributed by atoms with van der Waals surface area (Å²) in [7, 11) is 3.27. The van der Waals surface area contributed by atoms with E-state index in [0.717, 1.165) is 53.9 Å². The van der Waals surface area contributed by atoms with Crippen LogP contribution >= 0.6 is 12.2 Å². The van der Waals surface area contributed by atoms with Crippen molar-refractivity contribution in [3.63, 3.8) is 0 Å². The van der Waals surface area contributed by atoms with Gasteiger partial charge in [0.05, 0.1) is 19.8 Å². The van der Waals surface area contributed by atoms with E-state index in [1.165, 1.54) is 12.1 Å². The highest BCUT2D eigenvalue weighted by molar-refractivity contribution is 7.80. The van der Waals surface area contributed by atoms with Crippen LogP contribution in [-0.4, -0.2) is 50.3 Å². The molecule has 0 N–H and O–H groups in total. The molecular formula is C19H21FN2O2S. The van der Waals surface area contributed by atoms with Crippen LogP contribution in [0.2, 0.25) is 0 Å². The van der Waals surface area contributed by atoms with Gasteiger partial charge in [-0.1, -0.05) is 12.2 Å². The lowest BCUT2D eigenvalue weighted by molar-refractivity contribution is 0.384. The largest absolute Gasteiger partial charge is 0.497 e. The maximum atomic E-state index is 13.1. The van der Waals surface area contributed by atoms with Crippen LogP contribution in [-0.2, 0) is 0 Å². The van der Waals surface area contributed by atoms with Crippen LogP contribution in [0.1, 0.15) is 5.56 Å². The lowest BCUT2D eigenvalue weighted by Crippen LogP contribution is -2.48. The second-order valence-electron chi connectivity index (χ2n) is 5.82. The molecule has 132 valence electrons. The SMILES string of the molecule is COc1ccc(OC)c(C(=S)N2CCN(c3ccc(F)cc3)CC2)c1. The minimum Gasteiger partial charge on any atom is -0.497 e. The molecule has 6 heteroatoms. The number of benzene rings is 2. The van der Waals surface area contributed by atoms with Crippen molar-refractivity contribution in [1.29, 1.82) is 0 Å². The van der Waals surface area contributed by atoms with E-state index in [9.17, 15) is 4.39 Å². The smallest absolute Gasteiger partial charge is 0.129 e. The fourth-order valence-electron chi connectivity index (χ4n) is 2.97. The van der Waals surface area contributed by atoms with Crippen LogP contribution in [0.5, 0.6) is 11.5 Å². The summed E-state index contributed by atoms with van der Waals surface area (Å²) in [5, 5.41) is 0. The minimum atomic E-state index is -0.214. The maximum absolute atomic E-state index is 13.1. The lowest BCUT2D eigenvalue weighted by atomic mass is 10.1. The number of nitrogens with zero attached hydrogens (tertiary/aromatic N) is 2. The first kappa shape index (κ1) is 17.5. The van der Waals surface area contributed by atoms with E-state index in [1.807, 2.05) is 30.3 Å². The summed E-state index contributed by atoms with van der Waals surface area (Å²) in [6.45, 7) is 3.27. The monoisotopic (exact) mass is 360 g/mol. The maximum Gasteiger partial charge on any atom is 0.129 e. The quantitative estimate of drug-likeness (QED) is 0.779. The molecule has 0 bridgehead atoms. The van der Waals surface area contributed by atoms with Gasteiger partial charge >= 0.3 is 0 Å². The Balaban J connectivity index is 1.70. The number of piperazine rings is 1. The van der Waals surface area contributed by atoms with Crippen LogP contribution in [0.4, 0.5) is 10.1 Å². The van der Waals surface area contributed by atoms with Crippen molar-refractivity contribution in [2.75, 3.05) is 45.3 Å². The van der Waals surface area contributed by atoms with Crippen LogP contribution in [0.25, 0.3) is 0 Å². The van der Waals surface area contributed by atoms with E-state index in [-0.39, 0.29) is 5.82 Å². The fraction of sp³-hybridized carbons (Fsp3) is 0.316. The molecule has 1 saturated heterocycles. The summed E-state index contributed by atoms with van der Waals surface area (Å²) >= 11 is 5.70. The van der Waals surface area contributed by atoms with Crippen molar-refractivity contribution in [2.24, 2.45) is 0 Å². The number of hydrogen-bond donors (Lipinski definition) is 0. The number of hydrogen-bond acceptors (Lipinski definition) is 4. The second-order valence-corrected chi connectivity index (χ2v) is 6.21. The molecule has 2 aromatic carbocycles. The number of ether oxygens (including phenoxy) is 2. The summed E-state index contributed by atoms with van der Waals surface area (Å²) in [5.74, 6) is 1.28. The Labute approximate surface area is 152 Å². The number of halogens is 1. The molecule has 0 amide bonds. The average Bonchev–Trinajstić information content (AvgIpc) is 2.67. The Hall–Kier alpha value is -2.34. The molecule has 0 saturated carbocycles. The van der Waals surface area contributed by atoms with Crippen LogP contribution in [0.15, 0.2) is 42.5 Å². The Morgan fingerprint density at radius 1 is 0.960 bits per heavy atom. The third-order valence-corrected chi connectivity index (χ3v) is 4.87. The normalized spacial score (nSPS) is 14.4. The topological polar surface area (TPSA) is 24.9 Å². The van der Waals surface area contributed by atoms with E-state index in [1.54, 1.807) is 14.2 Å². The number of thiocarbonyl (C=S) groups is 1. The molecular weight excluding hydrogens is 339 g/mol. The first-order chi connectivity index (χ1) is 12.1. The molecule has 0 unspecified atom stereocenters. The van der Waals surface area contributed by atoms with Crippen molar-refractivity contribution in [2.45, 2.75) is 0 Å². The third kappa shape index (κ3) is 3.85. The summed E-state index contributed by atoms with van der Waals surface area (Å²) in [5.41, 5.74) is 1.90. The van der Waals surface area contributed by atoms with Gasteiger partial charge in [-0.2, -0.15) is 0 Å². The van der Waals surface area contributed by atoms with Gasteiger partial charge in [0.15, 0.2) is 0 Å². The van der Waals surface area contributed by atoms with Gasteiger partial charge < -0.3 is 19.3 Å². The van der Waals surface area contributed by atoms with E-state index < -0.39 is 0 Å². The summed E-state index contributed by atoms with van der Waals surface area (Å²) in [6, 6.07) is 12.3. The molecule has 0 radical (unpaired) electrons. The highest BCUT2D eigenvalue weighted by Gasteiger charge is 2.22. The zero-order chi connectivity index (χ0) is 17.8. The molecule has 1 aliphatic heterocycles. The highest BCUT2D eigenvalue weighted by Crippen LogP contribution is 2.27. The summed E-state index contributed by atoms with van der Waals surface area (Å²) in [4.78, 5) is 5.17. The Morgan fingerprint density at radius 2 is 1.64 bits per heavy atom. The van der Waals surface area contributed by atoms with Gasteiger partial charge in [0.1, 0.15) is 22.3 Å². The van der Waals surface area contributed by atoms with Gasteiger partial charge in [-0.05, 0) is 42.5 Å². The van der Waals surface area contributed by atoms with E-state index in [0.29, 0.717) is 0 Å². The third-order valence-electron chi connectivity index (χ3n) is 4.40. The fourth-order valence-corrected chi connectivity index (χ4v) is 3.31. The van der Waals surface area contributed by atoms with Gasteiger partial charge in [0.25, 0.3) is 0 Å². The zero-order valence-corrected chi connectivity index (χ0v) is 15.2. The first-order valence-electron chi connectivity index (χ1n) is 8.14. The van der Waals surface area contributed by atoms with Crippen LogP contribution in [0.3, 0.4) is 0 Å². The van der Waals surface area contributed by atoms with Gasteiger partial charge in [-0.3, -0.25) is 0 Å². The van der Waals surface area contributed by atoms with E-state index in [4.69, 9.17) is 21.7 Å². The van der Waals surface area contributed by atoms with Crippen molar-refractivity contribution in [3.05, 3.63) is 53.8 Å². The highest BCUT2D eigenvalue weighted by atomic mass is 32.1. The van der Waals surface area contributed by atoms with Gasteiger partial charge in [-0.15, -0.1) is 0 Å². The molecule has 1 aliphatic rings. The lowest BCUT2D eigenvalue weighted by Gasteiger charge is -2.37. The first-order valence-corrected chi connectivity index (χ1v) is 8.55. The van der Waals surface area contributed by atoms with E-state index in [2.05, 4.69) is 9.80 Å². The molecule has 0 aliphatic carbocycles. The van der Waals surface area contributed by atoms with Crippen molar-refractivity contribution in [3.8, 4) is 11.5 Å². The second kappa shape index (κ2) is 7.70. The number of rotatable bonds is 4. The van der Waals surface area contributed by atoms with Gasteiger partial charge in [0.2, 0.25) is 0 Å². The molecule has 0 atom stereocenters. The summed E-state index contributed by atoms with van der Waals surface area (Å²) in [6.07, 6.45) is 0. The Bertz CT molecular complexity index is 744. The molecule has 1 heterocycles. The predicted molar refractivity (Wildman–Crippen MR) is 101 cm³/mol. The molecule has 0 spiro atoms. The molecule has 25 heavy (non-hydrogen) atoms. The molecule has 2 aromatic rings.